The molecule has 10 nitrogen and oxygen atoms in total. The topological polar surface area (TPSA) is 118 Å². The van der Waals surface area contributed by atoms with Crippen molar-refractivity contribution in [2.45, 2.75) is 12.5 Å². The van der Waals surface area contributed by atoms with E-state index in [2.05, 4.69) is 27.2 Å². The van der Waals surface area contributed by atoms with Crippen molar-refractivity contribution in [1.82, 2.24) is 20.2 Å². The Bertz CT molecular complexity index is 1370. The molecule has 3 aromatic rings. The number of pyridine rings is 1. The molecule has 1 atom stereocenters. The number of para-hydroxylation sites is 1. The predicted molar refractivity (Wildman–Crippen MR) is 143 cm³/mol. The van der Waals surface area contributed by atoms with Crippen molar-refractivity contribution in [3.05, 3.63) is 65.6 Å². The molecule has 5 rings (SSSR count). The summed E-state index contributed by atoms with van der Waals surface area (Å²) in [5, 5.41) is 6.72. The first-order valence-corrected chi connectivity index (χ1v) is 12.6. The second-order valence-electron chi connectivity index (χ2n) is 8.83. The van der Waals surface area contributed by atoms with Crippen molar-refractivity contribution < 1.29 is 23.8 Å². The van der Waals surface area contributed by atoms with E-state index in [9.17, 15) is 9.59 Å². The minimum atomic E-state index is -0.279. The molecule has 1 saturated heterocycles. The smallest absolute Gasteiger partial charge is 0.255 e. The van der Waals surface area contributed by atoms with Gasteiger partial charge in [0.25, 0.3) is 5.91 Å². The van der Waals surface area contributed by atoms with Crippen LogP contribution in [-0.2, 0) is 16.0 Å². The second-order valence-corrected chi connectivity index (χ2v) is 9.23. The van der Waals surface area contributed by atoms with E-state index < -0.39 is 0 Å². The summed E-state index contributed by atoms with van der Waals surface area (Å²) in [6, 6.07) is 6.89. The first kappa shape index (κ1) is 25.6. The number of H-pyrrole nitrogens is 1. The molecular formula is C27H28ClN5O5. The van der Waals surface area contributed by atoms with Crippen LogP contribution < -0.4 is 20.1 Å². The van der Waals surface area contributed by atoms with Crippen molar-refractivity contribution in [3.8, 4) is 22.8 Å². The molecule has 0 unspecified atom stereocenters. The molecule has 3 N–H and O–H groups in total. The number of nitrogens with one attached hydrogen (secondary N) is 3. The van der Waals surface area contributed by atoms with Crippen molar-refractivity contribution in [3.63, 3.8) is 0 Å². The summed E-state index contributed by atoms with van der Waals surface area (Å²) in [6.07, 6.45) is 5.21. The van der Waals surface area contributed by atoms with Crippen molar-refractivity contribution in [2.75, 3.05) is 45.3 Å². The summed E-state index contributed by atoms with van der Waals surface area (Å²) in [6.45, 7) is 5.61. The lowest BCUT2D eigenvalue weighted by molar-refractivity contribution is -0.135. The van der Waals surface area contributed by atoms with E-state index in [1.165, 1.54) is 13.2 Å². The first-order valence-electron chi connectivity index (χ1n) is 12.2. The van der Waals surface area contributed by atoms with Crippen LogP contribution in [0.2, 0.25) is 5.02 Å². The molecule has 1 aromatic carbocycles. The highest BCUT2D eigenvalue weighted by Crippen LogP contribution is 2.42. The van der Waals surface area contributed by atoms with Crippen molar-refractivity contribution >= 4 is 34.8 Å². The van der Waals surface area contributed by atoms with Gasteiger partial charge in [-0.15, -0.1) is 0 Å². The molecule has 0 bridgehead atoms. The number of ether oxygens (including phenoxy) is 3. The van der Waals surface area contributed by atoms with Gasteiger partial charge in [0.1, 0.15) is 12.4 Å². The minimum Gasteiger partial charge on any atom is -0.493 e. The fraction of sp³-hybridized carbons (Fsp3) is 0.296. The van der Waals surface area contributed by atoms with E-state index in [0.717, 1.165) is 5.69 Å². The highest BCUT2D eigenvalue weighted by Gasteiger charge is 2.30. The summed E-state index contributed by atoms with van der Waals surface area (Å²) in [5.74, 6) is 0.593. The Morgan fingerprint density at radius 2 is 2.26 bits per heavy atom. The Hall–Kier alpha value is -4.02. The molecule has 0 radical (unpaired) electrons. The second kappa shape index (κ2) is 11.2. The van der Waals surface area contributed by atoms with Gasteiger partial charge in [-0.2, -0.15) is 0 Å². The number of aromatic amines is 1. The SMILES string of the molecule is C=CC(=O)N1CCOC[C@H]1COc1cnccc1-c1[nH]c2c(c1Nc1cccc(Cl)c1OC)C(=O)NCC2. The van der Waals surface area contributed by atoms with Crippen LogP contribution >= 0.6 is 11.6 Å². The van der Waals surface area contributed by atoms with Gasteiger partial charge in [-0.3, -0.25) is 14.6 Å². The van der Waals surface area contributed by atoms with Gasteiger partial charge in [-0.1, -0.05) is 24.2 Å². The van der Waals surface area contributed by atoms with Gasteiger partial charge in [0, 0.05) is 37.0 Å². The number of hydrogen-bond acceptors (Lipinski definition) is 7. The zero-order valence-electron chi connectivity index (χ0n) is 20.9. The number of carbonyl (C=O) groups excluding carboxylic acids is 2. The maximum atomic E-state index is 13.0. The van der Waals surface area contributed by atoms with E-state index in [1.54, 1.807) is 29.4 Å². The van der Waals surface area contributed by atoms with Crippen LogP contribution in [0, 0.1) is 0 Å². The maximum Gasteiger partial charge on any atom is 0.255 e. The van der Waals surface area contributed by atoms with Crippen LogP contribution in [0.15, 0.2) is 49.3 Å². The molecular weight excluding hydrogens is 510 g/mol. The van der Waals surface area contributed by atoms with Crippen LogP contribution in [0.5, 0.6) is 11.5 Å². The van der Waals surface area contributed by atoms with Gasteiger partial charge < -0.3 is 34.7 Å². The zero-order chi connectivity index (χ0) is 26.6. The number of nitrogens with zero attached hydrogens (tertiary/aromatic N) is 2. The molecule has 0 saturated carbocycles. The number of benzene rings is 1. The first-order chi connectivity index (χ1) is 18.5. The molecule has 2 amide bonds. The van der Waals surface area contributed by atoms with E-state index >= 15 is 0 Å². The highest BCUT2D eigenvalue weighted by atomic mass is 35.5. The van der Waals surface area contributed by atoms with Crippen LogP contribution in [0.1, 0.15) is 16.1 Å². The number of aromatic nitrogens is 2. The number of morpholine rings is 1. The van der Waals surface area contributed by atoms with E-state index in [-0.39, 0.29) is 24.5 Å². The van der Waals surface area contributed by atoms with Crippen LogP contribution in [0.25, 0.3) is 11.3 Å². The standard InChI is InChI=1S/C27H28ClN5O5/c1-3-22(34)33-11-12-37-14-16(33)15-38-21-13-29-9-7-17(21)24-25(23-19(31-24)8-10-30-27(23)35)32-20-6-4-5-18(28)26(20)36-2/h3-7,9,13,16,31-32H,1,8,10-12,14-15H2,2H3,(H,30,35)/t16-/m0/s1. The third kappa shape index (κ3) is 4.92. The fourth-order valence-electron chi connectivity index (χ4n) is 4.74. The number of methoxy groups -OCH3 is 1. The summed E-state index contributed by atoms with van der Waals surface area (Å²) >= 11 is 6.36. The van der Waals surface area contributed by atoms with Crippen LogP contribution in [-0.4, -0.2) is 72.7 Å². The van der Waals surface area contributed by atoms with Crippen LogP contribution in [0.4, 0.5) is 11.4 Å². The highest BCUT2D eigenvalue weighted by molar-refractivity contribution is 6.32. The molecule has 0 aliphatic carbocycles. The Kier molecular flexibility index (Phi) is 7.52. The lowest BCUT2D eigenvalue weighted by atomic mass is 10.0. The summed E-state index contributed by atoms with van der Waals surface area (Å²) in [5.41, 5.74) is 3.85. The Morgan fingerprint density at radius 1 is 1.39 bits per heavy atom. The molecule has 11 heteroatoms. The number of hydrogen-bond donors (Lipinski definition) is 3. The molecule has 2 aromatic heterocycles. The predicted octanol–water partition coefficient (Wildman–Crippen LogP) is 3.56. The third-order valence-corrected chi connectivity index (χ3v) is 6.86. The van der Waals surface area contributed by atoms with Gasteiger partial charge in [-0.05, 0) is 24.3 Å². The maximum absolute atomic E-state index is 13.0. The lowest BCUT2D eigenvalue weighted by Crippen LogP contribution is -2.50. The minimum absolute atomic E-state index is 0.168. The summed E-state index contributed by atoms with van der Waals surface area (Å²) in [4.78, 5) is 34.7. The Balaban J connectivity index is 1.52. The molecule has 2 aliphatic rings. The number of amides is 2. The third-order valence-electron chi connectivity index (χ3n) is 6.57. The van der Waals surface area contributed by atoms with E-state index in [4.69, 9.17) is 25.8 Å². The summed E-state index contributed by atoms with van der Waals surface area (Å²) < 4.78 is 17.3. The van der Waals surface area contributed by atoms with Crippen LogP contribution in [0.3, 0.4) is 0 Å². The van der Waals surface area contributed by atoms with E-state index in [1.807, 2.05) is 12.1 Å². The van der Waals surface area contributed by atoms with Crippen molar-refractivity contribution in [2.24, 2.45) is 0 Å². The van der Waals surface area contributed by atoms with Crippen molar-refractivity contribution in [1.29, 1.82) is 0 Å². The largest absolute Gasteiger partial charge is 0.493 e. The van der Waals surface area contributed by atoms with E-state index in [0.29, 0.717) is 77.4 Å². The number of rotatable bonds is 8. The average molecular weight is 538 g/mol. The molecule has 4 heterocycles. The molecule has 0 spiro atoms. The fourth-order valence-corrected chi connectivity index (χ4v) is 5.00. The molecule has 198 valence electrons. The van der Waals surface area contributed by atoms with Gasteiger partial charge in [0.2, 0.25) is 5.91 Å². The lowest BCUT2D eigenvalue weighted by Gasteiger charge is -2.34. The van der Waals surface area contributed by atoms with Gasteiger partial charge in [0.05, 0.1) is 60.2 Å². The number of carbonyl (C=O) groups is 2. The average Bonchev–Trinajstić information content (AvgIpc) is 3.31. The number of anilines is 2. The molecule has 38 heavy (non-hydrogen) atoms. The number of halogens is 1. The Labute approximate surface area is 224 Å². The normalized spacial score (nSPS) is 16.8. The number of fused-ring (bicyclic) bond motifs is 1. The van der Waals surface area contributed by atoms with Gasteiger partial charge in [0.15, 0.2) is 5.75 Å². The molecule has 1 fully saturated rings. The quantitative estimate of drug-likeness (QED) is 0.376. The Morgan fingerprint density at radius 3 is 3.08 bits per heavy atom. The summed E-state index contributed by atoms with van der Waals surface area (Å²) in [7, 11) is 1.54. The zero-order valence-corrected chi connectivity index (χ0v) is 21.6. The molecule has 2 aliphatic heterocycles. The van der Waals surface area contributed by atoms with Gasteiger partial charge >= 0.3 is 0 Å². The monoisotopic (exact) mass is 537 g/mol. The van der Waals surface area contributed by atoms with Gasteiger partial charge in [-0.25, -0.2) is 0 Å².